The maximum absolute atomic E-state index is 13.6. The molecule has 0 saturated heterocycles. The van der Waals surface area contributed by atoms with Crippen molar-refractivity contribution in [2.24, 2.45) is 11.8 Å². The minimum Gasteiger partial charge on any atom is -0.465 e. The number of esters is 1. The zero-order valence-corrected chi connectivity index (χ0v) is 21.7. The van der Waals surface area contributed by atoms with Crippen molar-refractivity contribution in [3.8, 4) is 0 Å². The molecule has 0 spiro atoms. The maximum Gasteiger partial charge on any atom is 0.337 e. The Morgan fingerprint density at radius 1 is 0.615 bits per heavy atom. The van der Waals surface area contributed by atoms with Crippen LogP contribution in [0.5, 0.6) is 0 Å². The predicted molar refractivity (Wildman–Crippen MR) is 144 cm³/mol. The van der Waals surface area contributed by atoms with Gasteiger partial charge in [-0.2, -0.15) is 0 Å². The molecule has 0 aromatic heterocycles. The van der Waals surface area contributed by atoms with E-state index in [1.807, 2.05) is 60.7 Å². The van der Waals surface area contributed by atoms with Crippen molar-refractivity contribution in [1.82, 2.24) is 0 Å². The van der Waals surface area contributed by atoms with Crippen LogP contribution in [-0.4, -0.2) is 36.2 Å². The Balaban J connectivity index is 1.49. The second-order valence-corrected chi connectivity index (χ2v) is 10.5. The zero-order valence-electron chi connectivity index (χ0n) is 21.7. The Hall–Kier alpha value is -4.19. The Kier molecular flexibility index (Phi) is 7.64. The first-order valence-electron chi connectivity index (χ1n) is 13.3. The zero-order chi connectivity index (χ0) is 27.5. The smallest absolute Gasteiger partial charge is 0.337 e. The fourth-order valence-corrected chi connectivity index (χ4v) is 6.24. The van der Waals surface area contributed by atoms with Gasteiger partial charge in [-0.05, 0) is 40.7 Å². The highest BCUT2D eigenvalue weighted by Gasteiger charge is 2.50. The third-order valence-electron chi connectivity index (χ3n) is 8.15. The Morgan fingerprint density at radius 3 is 1.36 bits per heavy atom. The number of benzene rings is 3. The number of hydrogen-bond donors (Lipinski definition) is 0. The quantitative estimate of drug-likeness (QED) is 0.325. The summed E-state index contributed by atoms with van der Waals surface area (Å²) in [6.45, 7) is 0. The summed E-state index contributed by atoms with van der Waals surface area (Å²) in [4.78, 5) is 66.6. The van der Waals surface area contributed by atoms with Gasteiger partial charge in [0.25, 0.3) is 0 Å². The molecule has 2 fully saturated rings. The lowest BCUT2D eigenvalue weighted by atomic mass is 9.62. The van der Waals surface area contributed by atoms with E-state index < -0.39 is 23.7 Å². The van der Waals surface area contributed by atoms with E-state index in [1.54, 1.807) is 24.3 Å². The van der Waals surface area contributed by atoms with Crippen molar-refractivity contribution < 1.29 is 28.7 Å². The van der Waals surface area contributed by atoms with E-state index in [4.69, 9.17) is 4.74 Å². The minimum absolute atomic E-state index is 0.166. The van der Waals surface area contributed by atoms with Gasteiger partial charge in [0, 0.05) is 31.6 Å². The molecule has 2 aliphatic rings. The molecule has 5 rings (SSSR count). The van der Waals surface area contributed by atoms with E-state index in [0.717, 1.165) is 11.1 Å². The molecule has 0 aliphatic heterocycles. The van der Waals surface area contributed by atoms with Crippen LogP contribution in [0.3, 0.4) is 0 Å². The van der Waals surface area contributed by atoms with E-state index in [2.05, 4.69) is 0 Å². The number of rotatable bonds is 6. The maximum atomic E-state index is 13.6. The fraction of sp³-hybridized carbons (Fsp3) is 0.303. The number of hydrogen-bond acceptors (Lipinski definition) is 6. The standard InChI is InChI=1S/C33H30O6/c1-39-33(38)23-14-12-22(13-15-23)30(31-26(34)16-24(17-27(31)35)20-8-4-2-5-9-20)32-28(36)18-25(19-29(32)37)21-10-6-3-7-11-21/h2-15,24-25,30-32H,16-19H2,1H3. The van der Waals surface area contributed by atoms with Gasteiger partial charge in [-0.1, -0.05) is 72.8 Å². The van der Waals surface area contributed by atoms with Gasteiger partial charge in [-0.3, -0.25) is 19.2 Å². The van der Waals surface area contributed by atoms with E-state index in [0.29, 0.717) is 11.1 Å². The Bertz CT molecular complexity index is 1280. The number of carbonyl (C=O) groups is 5. The Labute approximate surface area is 227 Å². The van der Waals surface area contributed by atoms with Gasteiger partial charge in [-0.25, -0.2) is 4.79 Å². The third-order valence-corrected chi connectivity index (χ3v) is 8.15. The van der Waals surface area contributed by atoms with Crippen molar-refractivity contribution in [1.29, 1.82) is 0 Å². The van der Waals surface area contributed by atoms with Gasteiger partial charge in [-0.15, -0.1) is 0 Å². The molecular weight excluding hydrogens is 492 g/mol. The number of ether oxygens (including phenoxy) is 1. The number of Topliss-reactive ketones (excluding diaryl/α,β-unsaturated/α-hetero) is 4. The van der Waals surface area contributed by atoms with Crippen LogP contribution < -0.4 is 0 Å². The van der Waals surface area contributed by atoms with Crippen LogP contribution in [0, 0.1) is 11.8 Å². The highest BCUT2D eigenvalue weighted by Crippen LogP contribution is 2.45. The number of ketones is 4. The normalized spacial score (nSPS) is 24.3. The molecule has 3 aromatic rings. The topological polar surface area (TPSA) is 94.6 Å². The third kappa shape index (κ3) is 5.37. The van der Waals surface area contributed by atoms with Crippen molar-refractivity contribution in [3.63, 3.8) is 0 Å². The van der Waals surface area contributed by atoms with Gasteiger partial charge in [0.05, 0.1) is 24.5 Å². The molecule has 0 unspecified atom stereocenters. The molecule has 6 nitrogen and oxygen atoms in total. The minimum atomic E-state index is -1.10. The summed E-state index contributed by atoms with van der Waals surface area (Å²) in [5.41, 5.74) is 2.67. The lowest BCUT2D eigenvalue weighted by Crippen LogP contribution is -2.45. The molecule has 0 atom stereocenters. The van der Waals surface area contributed by atoms with Crippen LogP contribution in [0.4, 0.5) is 0 Å². The second kappa shape index (κ2) is 11.3. The molecule has 0 bridgehead atoms. The SMILES string of the molecule is COC(=O)c1ccc(C(C2C(=O)CC(c3ccccc3)CC2=O)C2C(=O)CC(c3ccccc3)CC2=O)cc1. The highest BCUT2D eigenvalue weighted by atomic mass is 16.5. The first-order valence-corrected chi connectivity index (χ1v) is 13.3. The van der Waals surface area contributed by atoms with Gasteiger partial charge in [0.15, 0.2) is 0 Å². The van der Waals surface area contributed by atoms with E-state index in [9.17, 15) is 24.0 Å². The van der Waals surface area contributed by atoms with Crippen molar-refractivity contribution in [2.45, 2.75) is 43.4 Å². The van der Waals surface area contributed by atoms with E-state index in [1.165, 1.54) is 7.11 Å². The van der Waals surface area contributed by atoms with E-state index in [-0.39, 0.29) is 60.7 Å². The summed E-state index contributed by atoms with van der Waals surface area (Å²) in [7, 11) is 1.28. The first kappa shape index (κ1) is 26.4. The second-order valence-electron chi connectivity index (χ2n) is 10.5. The van der Waals surface area contributed by atoms with Crippen LogP contribution in [0.25, 0.3) is 0 Å². The number of carbonyl (C=O) groups excluding carboxylic acids is 5. The summed E-state index contributed by atoms with van der Waals surface area (Å²) >= 11 is 0. The van der Waals surface area contributed by atoms with Crippen molar-refractivity contribution in [3.05, 3.63) is 107 Å². The summed E-state index contributed by atoms with van der Waals surface area (Å²) in [5.74, 6) is -5.12. The first-order chi connectivity index (χ1) is 18.9. The molecular formula is C33H30O6. The molecule has 39 heavy (non-hydrogen) atoms. The molecule has 0 radical (unpaired) electrons. The van der Waals surface area contributed by atoms with Gasteiger partial charge >= 0.3 is 5.97 Å². The molecule has 6 heteroatoms. The largest absolute Gasteiger partial charge is 0.465 e. The molecule has 3 aromatic carbocycles. The highest BCUT2D eigenvalue weighted by molar-refractivity contribution is 6.11. The molecule has 2 saturated carbocycles. The fourth-order valence-electron chi connectivity index (χ4n) is 6.24. The Morgan fingerprint density at radius 2 is 1.00 bits per heavy atom. The average Bonchev–Trinajstić information content (AvgIpc) is 2.96. The van der Waals surface area contributed by atoms with E-state index >= 15 is 0 Å². The predicted octanol–water partition coefficient (Wildman–Crippen LogP) is 5.22. The molecule has 198 valence electrons. The van der Waals surface area contributed by atoms with Gasteiger partial charge in [0.2, 0.25) is 0 Å². The average molecular weight is 523 g/mol. The molecule has 0 amide bonds. The molecule has 0 N–H and O–H groups in total. The van der Waals surface area contributed by atoms with Crippen LogP contribution in [0.15, 0.2) is 84.9 Å². The lowest BCUT2D eigenvalue weighted by molar-refractivity contribution is -0.142. The summed E-state index contributed by atoms with van der Waals surface area (Å²) in [5, 5.41) is 0. The molecule has 2 aliphatic carbocycles. The summed E-state index contributed by atoms with van der Waals surface area (Å²) in [6.07, 6.45) is 0.662. The monoisotopic (exact) mass is 522 g/mol. The van der Waals surface area contributed by atoms with Crippen LogP contribution >= 0.6 is 0 Å². The lowest BCUT2D eigenvalue weighted by Gasteiger charge is -2.38. The van der Waals surface area contributed by atoms with Gasteiger partial charge in [0.1, 0.15) is 23.1 Å². The van der Waals surface area contributed by atoms with Crippen LogP contribution in [0.2, 0.25) is 0 Å². The van der Waals surface area contributed by atoms with Gasteiger partial charge < -0.3 is 4.74 Å². The van der Waals surface area contributed by atoms with Crippen LogP contribution in [-0.2, 0) is 23.9 Å². The summed E-state index contributed by atoms with van der Waals surface area (Å²) < 4.78 is 4.79. The van der Waals surface area contributed by atoms with Crippen molar-refractivity contribution >= 4 is 29.1 Å². The van der Waals surface area contributed by atoms with Crippen LogP contribution in [0.1, 0.15) is 70.5 Å². The van der Waals surface area contributed by atoms with Crippen molar-refractivity contribution in [2.75, 3.05) is 7.11 Å². The summed E-state index contributed by atoms with van der Waals surface area (Å²) in [6, 6.07) is 25.3. The molecule has 0 heterocycles. The number of methoxy groups -OCH3 is 1.